The molecule has 0 spiro atoms. The lowest BCUT2D eigenvalue weighted by Gasteiger charge is -2.42. The molecule has 1 saturated heterocycles. The van der Waals surface area contributed by atoms with Gasteiger partial charge in [0.1, 0.15) is 17.3 Å². The number of hydrogen-bond donors (Lipinski definition) is 0. The highest BCUT2D eigenvalue weighted by atomic mass is 32.2. The molecule has 0 unspecified atom stereocenters. The third-order valence-electron chi connectivity index (χ3n) is 5.27. The molecule has 0 bridgehead atoms. The Bertz CT molecular complexity index is 1070. The first kappa shape index (κ1) is 20.1. The van der Waals surface area contributed by atoms with Gasteiger partial charge in [0, 0.05) is 18.4 Å². The molecule has 0 radical (unpaired) electrons. The number of carbonyl (C=O) groups excluding carboxylic acids is 1. The normalized spacial score (nSPS) is 18.7. The molecule has 0 aromatic heterocycles. The van der Waals surface area contributed by atoms with E-state index in [2.05, 4.69) is 6.07 Å². The van der Waals surface area contributed by atoms with Crippen LogP contribution in [0.1, 0.15) is 17.9 Å². The van der Waals surface area contributed by atoms with Gasteiger partial charge in [0.25, 0.3) is 0 Å². The SMILES string of the molecule is COc1ccc(N2CSC3=C(C#N)[C@@H](c4cccc(F)c4)CC(=O)N3C2)c(OC)c1. The molecule has 0 aliphatic carbocycles. The van der Waals surface area contributed by atoms with Gasteiger partial charge in [-0.2, -0.15) is 5.26 Å². The van der Waals surface area contributed by atoms with Crippen molar-refractivity contribution < 1.29 is 18.7 Å². The van der Waals surface area contributed by atoms with Crippen molar-refractivity contribution in [2.45, 2.75) is 12.3 Å². The number of fused-ring (bicyclic) bond motifs is 1. The quantitative estimate of drug-likeness (QED) is 0.736. The molecule has 2 heterocycles. The number of nitrogens with zero attached hydrogens (tertiary/aromatic N) is 3. The fourth-order valence-electron chi connectivity index (χ4n) is 3.77. The van der Waals surface area contributed by atoms with Gasteiger partial charge in [-0.15, -0.1) is 0 Å². The molecule has 0 saturated carbocycles. The van der Waals surface area contributed by atoms with Gasteiger partial charge in [-0.05, 0) is 29.8 Å². The van der Waals surface area contributed by atoms with Crippen LogP contribution in [-0.4, -0.2) is 37.6 Å². The van der Waals surface area contributed by atoms with Crippen LogP contribution in [0, 0.1) is 17.1 Å². The Morgan fingerprint density at radius 3 is 2.73 bits per heavy atom. The second-order valence-corrected chi connectivity index (χ2v) is 7.89. The van der Waals surface area contributed by atoms with Crippen LogP contribution in [0.15, 0.2) is 53.1 Å². The number of ether oxygens (including phenoxy) is 2. The number of halogens is 1. The number of allylic oxidation sites excluding steroid dienone is 1. The van der Waals surface area contributed by atoms with Crippen molar-refractivity contribution in [2.24, 2.45) is 0 Å². The summed E-state index contributed by atoms with van der Waals surface area (Å²) in [6.45, 7) is 0.310. The molecule has 1 amide bonds. The number of amides is 1. The van der Waals surface area contributed by atoms with Crippen LogP contribution in [-0.2, 0) is 4.79 Å². The van der Waals surface area contributed by atoms with Crippen LogP contribution in [0.5, 0.6) is 11.5 Å². The number of hydrogen-bond acceptors (Lipinski definition) is 6. The number of nitriles is 1. The fourth-order valence-corrected chi connectivity index (χ4v) is 4.93. The first-order chi connectivity index (χ1) is 14.5. The number of methoxy groups -OCH3 is 2. The predicted octanol–water partition coefficient (Wildman–Crippen LogP) is 4.06. The van der Waals surface area contributed by atoms with E-state index in [0.717, 1.165) is 5.69 Å². The lowest BCUT2D eigenvalue weighted by Crippen LogP contribution is -2.47. The van der Waals surface area contributed by atoms with E-state index in [-0.39, 0.29) is 18.1 Å². The minimum absolute atomic E-state index is 0.0945. The molecule has 2 aromatic carbocycles. The van der Waals surface area contributed by atoms with Gasteiger partial charge in [0.05, 0.1) is 49.1 Å². The van der Waals surface area contributed by atoms with Crippen LogP contribution < -0.4 is 14.4 Å². The lowest BCUT2D eigenvalue weighted by molar-refractivity contribution is -0.129. The van der Waals surface area contributed by atoms with Crippen LogP contribution in [0.4, 0.5) is 10.1 Å². The fraction of sp³-hybridized carbons (Fsp3) is 0.273. The van der Waals surface area contributed by atoms with Gasteiger partial charge < -0.3 is 14.4 Å². The highest BCUT2D eigenvalue weighted by molar-refractivity contribution is 8.03. The number of carbonyl (C=O) groups is 1. The summed E-state index contributed by atoms with van der Waals surface area (Å²) in [5, 5.41) is 10.5. The summed E-state index contributed by atoms with van der Waals surface area (Å²) in [6.07, 6.45) is 0.129. The van der Waals surface area contributed by atoms with E-state index in [0.29, 0.717) is 40.2 Å². The smallest absolute Gasteiger partial charge is 0.229 e. The highest BCUT2D eigenvalue weighted by Gasteiger charge is 2.38. The molecular weight excluding hydrogens is 405 g/mol. The summed E-state index contributed by atoms with van der Waals surface area (Å²) in [6, 6.07) is 13.9. The molecule has 2 aliphatic heterocycles. The van der Waals surface area contributed by atoms with E-state index >= 15 is 0 Å². The van der Waals surface area contributed by atoms with Crippen molar-refractivity contribution in [2.75, 3.05) is 31.7 Å². The van der Waals surface area contributed by atoms with Gasteiger partial charge in [-0.1, -0.05) is 23.9 Å². The van der Waals surface area contributed by atoms with Crippen molar-refractivity contribution in [3.8, 4) is 17.6 Å². The summed E-state index contributed by atoms with van der Waals surface area (Å²) in [5.41, 5.74) is 1.99. The Hall–Kier alpha value is -3.18. The first-order valence-corrected chi connectivity index (χ1v) is 10.3. The predicted molar refractivity (Wildman–Crippen MR) is 113 cm³/mol. The van der Waals surface area contributed by atoms with Crippen LogP contribution >= 0.6 is 11.8 Å². The van der Waals surface area contributed by atoms with Gasteiger partial charge >= 0.3 is 0 Å². The lowest BCUT2D eigenvalue weighted by atomic mass is 9.86. The van der Waals surface area contributed by atoms with Gasteiger partial charge in [0.2, 0.25) is 5.91 Å². The molecule has 8 heteroatoms. The van der Waals surface area contributed by atoms with Crippen molar-refractivity contribution in [3.05, 3.63) is 64.4 Å². The molecular formula is C22H20FN3O3S. The number of thioether (sulfide) groups is 1. The highest BCUT2D eigenvalue weighted by Crippen LogP contribution is 2.44. The first-order valence-electron chi connectivity index (χ1n) is 9.35. The molecule has 30 heavy (non-hydrogen) atoms. The molecule has 154 valence electrons. The van der Waals surface area contributed by atoms with E-state index in [1.165, 1.54) is 23.9 Å². The average Bonchev–Trinajstić information content (AvgIpc) is 2.78. The number of rotatable bonds is 4. The Kier molecular flexibility index (Phi) is 5.55. The van der Waals surface area contributed by atoms with Crippen LogP contribution in [0.3, 0.4) is 0 Å². The Labute approximate surface area is 178 Å². The van der Waals surface area contributed by atoms with Crippen LogP contribution in [0.25, 0.3) is 0 Å². The van der Waals surface area contributed by atoms with E-state index in [1.54, 1.807) is 37.3 Å². The maximum atomic E-state index is 13.7. The average molecular weight is 425 g/mol. The van der Waals surface area contributed by atoms with Crippen molar-refractivity contribution in [1.29, 1.82) is 5.26 Å². The molecule has 1 fully saturated rings. The van der Waals surface area contributed by atoms with Crippen molar-refractivity contribution in [1.82, 2.24) is 4.90 Å². The molecule has 2 aliphatic rings. The third kappa shape index (κ3) is 3.57. The summed E-state index contributed by atoms with van der Waals surface area (Å²) in [7, 11) is 3.18. The van der Waals surface area contributed by atoms with E-state index < -0.39 is 5.92 Å². The second-order valence-electron chi connectivity index (χ2n) is 6.96. The maximum absolute atomic E-state index is 13.7. The standard InChI is InChI=1S/C22H20FN3O3S/c1-28-16-6-7-19(20(9-16)29-2)25-12-26-21(27)10-17(14-4-3-5-15(23)8-14)18(11-24)22(26)30-13-25/h3-9,17H,10,12-13H2,1-2H3/t17-/m1/s1. The maximum Gasteiger partial charge on any atom is 0.229 e. The molecule has 1 atom stereocenters. The zero-order chi connectivity index (χ0) is 21.3. The molecule has 4 rings (SSSR count). The minimum Gasteiger partial charge on any atom is -0.497 e. The minimum atomic E-state index is -0.431. The van der Waals surface area contributed by atoms with Gasteiger partial charge in [-0.3, -0.25) is 9.69 Å². The number of anilines is 1. The summed E-state index contributed by atoms with van der Waals surface area (Å²) >= 11 is 1.43. The van der Waals surface area contributed by atoms with Crippen molar-refractivity contribution in [3.63, 3.8) is 0 Å². The Morgan fingerprint density at radius 2 is 2.03 bits per heavy atom. The third-order valence-corrected chi connectivity index (χ3v) is 6.43. The zero-order valence-corrected chi connectivity index (χ0v) is 17.4. The molecule has 2 aromatic rings. The monoisotopic (exact) mass is 425 g/mol. The van der Waals surface area contributed by atoms with Gasteiger partial charge in [0.15, 0.2) is 0 Å². The topological polar surface area (TPSA) is 65.8 Å². The van der Waals surface area contributed by atoms with Crippen LogP contribution in [0.2, 0.25) is 0 Å². The molecule has 6 nitrogen and oxygen atoms in total. The Balaban J connectivity index is 1.66. The largest absolute Gasteiger partial charge is 0.497 e. The second kappa shape index (κ2) is 8.28. The van der Waals surface area contributed by atoms with E-state index in [9.17, 15) is 14.4 Å². The molecule has 0 N–H and O–H groups in total. The van der Waals surface area contributed by atoms with E-state index in [4.69, 9.17) is 9.47 Å². The van der Waals surface area contributed by atoms with E-state index in [1.807, 2.05) is 17.0 Å². The Morgan fingerprint density at radius 1 is 1.20 bits per heavy atom. The van der Waals surface area contributed by atoms with Crippen molar-refractivity contribution >= 4 is 23.4 Å². The summed E-state index contributed by atoms with van der Waals surface area (Å²) < 4.78 is 24.5. The summed E-state index contributed by atoms with van der Waals surface area (Å²) in [4.78, 5) is 16.6. The van der Waals surface area contributed by atoms with Gasteiger partial charge in [-0.25, -0.2) is 4.39 Å². The zero-order valence-electron chi connectivity index (χ0n) is 16.6. The summed E-state index contributed by atoms with van der Waals surface area (Å²) in [5.74, 6) is 0.966. The number of benzene rings is 2.